The molecule has 8 nitrogen and oxygen atoms in total. The summed E-state index contributed by atoms with van der Waals surface area (Å²) in [5.41, 5.74) is 0.691. The zero-order chi connectivity index (χ0) is 33.3. The van der Waals surface area contributed by atoms with E-state index in [0.717, 1.165) is 5.56 Å². The Morgan fingerprint density at radius 2 is 1.60 bits per heavy atom. The van der Waals surface area contributed by atoms with E-state index in [0.29, 0.717) is 29.2 Å². The summed E-state index contributed by atoms with van der Waals surface area (Å²) >= 11 is 10.4. The number of benzene rings is 3. The number of anilines is 2. The Morgan fingerprint density at radius 3 is 2.23 bits per heavy atom. The number of hydrogen-bond donors (Lipinski definition) is 1. The van der Waals surface area contributed by atoms with Crippen molar-refractivity contribution in [3.05, 3.63) is 121 Å². The largest absolute Gasteiger partial charge is 0.394 e. The molecular weight excluding hydrogens is 682 g/mol. The quantitative estimate of drug-likeness (QED) is 0.199. The molecule has 2 bridgehead atoms. The summed E-state index contributed by atoms with van der Waals surface area (Å²) in [5, 5.41) is 11.2. The second-order valence-electron chi connectivity index (χ2n) is 12.2. The third kappa shape index (κ3) is 5.73. The monoisotopic (exact) mass is 717 g/mol. The fourth-order valence-corrected chi connectivity index (χ4v) is 8.83. The van der Waals surface area contributed by atoms with Crippen molar-refractivity contribution in [3.8, 4) is 0 Å². The zero-order valence-electron chi connectivity index (χ0n) is 25.8. The van der Waals surface area contributed by atoms with Gasteiger partial charge in [0.05, 0.1) is 41.3 Å². The first kappa shape index (κ1) is 33.2. The van der Waals surface area contributed by atoms with Crippen LogP contribution in [-0.2, 0) is 25.5 Å². The number of aliphatic hydroxyl groups excluding tert-OH is 1. The van der Waals surface area contributed by atoms with Crippen molar-refractivity contribution in [1.82, 2.24) is 4.90 Å². The molecule has 3 aliphatic rings. The number of para-hydroxylation sites is 2. The number of alkyl halides is 1. The maximum Gasteiger partial charge on any atom is 0.253 e. The van der Waals surface area contributed by atoms with Crippen LogP contribution >= 0.6 is 27.5 Å². The minimum absolute atomic E-state index is 0.120. The van der Waals surface area contributed by atoms with E-state index in [1.807, 2.05) is 60.7 Å². The van der Waals surface area contributed by atoms with Gasteiger partial charge in [0.15, 0.2) is 0 Å². The molecule has 3 aromatic carbocycles. The Bertz CT molecular complexity index is 1660. The number of nitrogens with zero attached hydrogens (tertiary/aromatic N) is 3. The van der Waals surface area contributed by atoms with Crippen LogP contribution < -0.4 is 9.80 Å². The molecular formula is C37H37BrClN3O5. The number of amides is 3. The lowest BCUT2D eigenvalue weighted by atomic mass is 9.70. The molecule has 0 radical (unpaired) electrons. The summed E-state index contributed by atoms with van der Waals surface area (Å²) in [6.45, 7) is 7.69. The van der Waals surface area contributed by atoms with Crippen molar-refractivity contribution in [2.45, 2.75) is 41.5 Å². The van der Waals surface area contributed by atoms with Crippen LogP contribution in [-0.4, -0.2) is 76.0 Å². The Kier molecular flexibility index (Phi) is 9.71. The van der Waals surface area contributed by atoms with Gasteiger partial charge in [0, 0.05) is 23.6 Å². The molecule has 3 amide bonds. The molecule has 3 heterocycles. The summed E-state index contributed by atoms with van der Waals surface area (Å²) in [7, 11) is 0. The molecule has 3 aliphatic heterocycles. The molecule has 1 N–H and O–H groups in total. The van der Waals surface area contributed by atoms with Gasteiger partial charge >= 0.3 is 0 Å². The SMILES string of the molecule is C=CCN(C(=O)[C@H]1[C@H]2C(=O)N([C@@H](CO)Cc3ccccc3)C(C(=O)N(CC=C)c3ccccc3Cl)C23CC(Br)[C@@H]1O3)c1ccccc1. The number of carbonyl (C=O) groups excluding carboxylic acids is 3. The number of fused-ring (bicyclic) bond motifs is 1. The summed E-state index contributed by atoms with van der Waals surface area (Å²) in [5.74, 6) is -2.93. The molecule has 3 fully saturated rings. The van der Waals surface area contributed by atoms with Gasteiger partial charge in [-0.25, -0.2) is 0 Å². The number of aliphatic hydroxyl groups is 1. The zero-order valence-corrected chi connectivity index (χ0v) is 28.2. The highest BCUT2D eigenvalue weighted by Crippen LogP contribution is 2.61. The van der Waals surface area contributed by atoms with Crippen molar-refractivity contribution in [2.24, 2.45) is 11.8 Å². The second-order valence-corrected chi connectivity index (χ2v) is 13.8. The first-order chi connectivity index (χ1) is 22.8. The van der Waals surface area contributed by atoms with E-state index in [-0.39, 0.29) is 29.7 Å². The van der Waals surface area contributed by atoms with Gasteiger partial charge in [-0.1, -0.05) is 100 Å². The van der Waals surface area contributed by atoms with Crippen LogP contribution in [0.5, 0.6) is 0 Å². The van der Waals surface area contributed by atoms with Crippen molar-refractivity contribution in [2.75, 3.05) is 29.5 Å². The van der Waals surface area contributed by atoms with Crippen LogP contribution in [0.4, 0.5) is 11.4 Å². The van der Waals surface area contributed by atoms with Gasteiger partial charge in [-0.3, -0.25) is 14.4 Å². The van der Waals surface area contributed by atoms with Crippen molar-refractivity contribution >= 4 is 56.6 Å². The van der Waals surface area contributed by atoms with E-state index in [1.165, 1.54) is 9.80 Å². The van der Waals surface area contributed by atoms with Crippen LogP contribution in [0.2, 0.25) is 5.02 Å². The second kappa shape index (κ2) is 13.8. The van der Waals surface area contributed by atoms with Crippen molar-refractivity contribution in [3.63, 3.8) is 0 Å². The normalized spacial score (nSPS) is 26.5. The Labute approximate surface area is 288 Å². The highest BCUT2D eigenvalue weighted by atomic mass is 79.9. The summed E-state index contributed by atoms with van der Waals surface area (Å²) in [4.78, 5) is 48.9. The lowest BCUT2D eigenvalue weighted by Gasteiger charge is -2.39. The molecule has 3 aromatic rings. The molecule has 6 rings (SSSR count). The molecule has 47 heavy (non-hydrogen) atoms. The maximum atomic E-state index is 15.0. The van der Waals surface area contributed by atoms with Gasteiger partial charge in [-0.2, -0.15) is 0 Å². The minimum atomic E-state index is -1.34. The third-order valence-corrected chi connectivity index (χ3v) is 10.7. The molecule has 10 heteroatoms. The van der Waals surface area contributed by atoms with E-state index in [2.05, 4.69) is 29.1 Å². The average Bonchev–Trinajstić information content (AvgIpc) is 3.69. The average molecular weight is 719 g/mol. The number of halogens is 2. The topological polar surface area (TPSA) is 90.4 Å². The van der Waals surface area contributed by atoms with Crippen molar-refractivity contribution < 1.29 is 24.2 Å². The molecule has 1 spiro atoms. The first-order valence-electron chi connectivity index (χ1n) is 15.7. The fraction of sp³-hybridized carbons (Fsp3) is 0.324. The van der Waals surface area contributed by atoms with Crippen LogP contribution in [0.25, 0.3) is 0 Å². The van der Waals surface area contributed by atoms with E-state index in [1.54, 1.807) is 41.3 Å². The van der Waals surface area contributed by atoms with E-state index in [4.69, 9.17) is 16.3 Å². The molecule has 0 aromatic heterocycles. The molecule has 7 atom stereocenters. The number of hydrogen-bond acceptors (Lipinski definition) is 5. The van der Waals surface area contributed by atoms with Crippen molar-refractivity contribution in [1.29, 1.82) is 0 Å². The minimum Gasteiger partial charge on any atom is -0.394 e. The number of rotatable bonds is 12. The van der Waals surface area contributed by atoms with Gasteiger partial charge in [0.2, 0.25) is 11.8 Å². The molecule has 3 unspecified atom stereocenters. The Hall–Kier alpha value is -3.76. The van der Waals surface area contributed by atoms with Gasteiger partial charge in [0.1, 0.15) is 11.6 Å². The molecule has 0 saturated carbocycles. The highest BCUT2D eigenvalue weighted by molar-refractivity contribution is 9.09. The fourth-order valence-electron chi connectivity index (χ4n) is 7.65. The van der Waals surface area contributed by atoms with E-state index in [9.17, 15) is 14.7 Å². The van der Waals surface area contributed by atoms with Gasteiger partial charge in [0.25, 0.3) is 5.91 Å². The smallest absolute Gasteiger partial charge is 0.253 e. The van der Waals surface area contributed by atoms with Crippen LogP contribution in [0.15, 0.2) is 110 Å². The number of carbonyl (C=O) groups is 3. The maximum absolute atomic E-state index is 15.0. The predicted octanol–water partition coefficient (Wildman–Crippen LogP) is 5.43. The Balaban J connectivity index is 1.48. The molecule has 3 saturated heterocycles. The predicted molar refractivity (Wildman–Crippen MR) is 187 cm³/mol. The summed E-state index contributed by atoms with van der Waals surface area (Å²) in [6.07, 6.45) is 3.22. The molecule has 244 valence electrons. The lowest BCUT2D eigenvalue weighted by molar-refractivity contribution is -0.144. The first-order valence-corrected chi connectivity index (χ1v) is 17.0. The number of likely N-dealkylation sites (tertiary alicyclic amines) is 1. The number of ether oxygens (including phenoxy) is 1. The van der Waals surface area contributed by atoms with Crippen LogP contribution in [0, 0.1) is 11.8 Å². The Morgan fingerprint density at radius 1 is 0.979 bits per heavy atom. The summed E-state index contributed by atoms with van der Waals surface area (Å²) < 4.78 is 6.80. The summed E-state index contributed by atoms with van der Waals surface area (Å²) in [6, 6.07) is 23.8. The standard InChI is InChI=1S/C37H37BrClN3O5/c1-3-19-40(25-15-9-6-10-16-25)34(44)30-31-35(45)42(26(23-43)21-24-13-7-5-8-14-24)33(37(31)22-27(38)32(30)47-37)36(46)41(20-4-2)29-18-12-11-17-28(29)39/h3-18,26-27,30-33,43H,1-2,19-23H2/t26-,27?,30+,31+,32+,33?,37?/m1/s1. The highest BCUT2D eigenvalue weighted by Gasteiger charge is 2.77. The van der Waals surface area contributed by atoms with Gasteiger partial charge < -0.3 is 24.5 Å². The lowest BCUT2D eigenvalue weighted by Crippen LogP contribution is -2.59. The van der Waals surface area contributed by atoms with Gasteiger partial charge in [-0.05, 0) is 42.7 Å². The van der Waals surface area contributed by atoms with Crippen LogP contribution in [0.1, 0.15) is 12.0 Å². The molecule has 0 aliphatic carbocycles. The van der Waals surface area contributed by atoms with Gasteiger partial charge in [-0.15, -0.1) is 13.2 Å². The van der Waals surface area contributed by atoms with Crippen LogP contribution in [0.3, 0.4) is 0 Å². The third-order valence-electron chi connectivity index (χ3n) is 9.53. The van der Waals surface area contributed by atoms with E-state index < -0.39 is 48.1 Å². The van der Waals surface area contributed by atoms with E-state index >= 15 is 4.79 Å².